The molecular formula is C17H21NO. The Labute approximate surface area is 114 Å². The molecule has 1 atom stereocenters. The summed E-state index contributed by atoms with van der Waals surface area (Å²) in [4.78, 5) is 12.1. The molecule has 2 rings (SSSR count). The SMILES string of the molecule is CC(C)CC(N)C(=O)Cc1ccc2ccccc2c1. The van der Waals surface area contributed by atoms with Crippen molar-refractivity contribution in [2.75, 3.05) is 0 Å². The first-order valence-electron chi connectivity index (χ1n) is 6.82. The van der Waals surface area contributed by atoms with Crippen LogP contribution in [0.25, 0.3) is 10.8 Å². The fourth-order valence-corrected chi connectivity index (χ4v) is 2.32. The first-order chi connectivity index (χ1) is 9.06. The third-order valence-electron chi connectivity index (χ3n) is 3.33. The first-order valence-corrected chi connectivity index (χ1v) is 6.82. The molecule has 2 aromatic carbocycles. The maximum absolute atomic E-state index is 12.1. The second-order valence-corrected chi connectivity index (χ2v) is 5.56. The topological polar surface area (TPSA) is 43.1 Å². The summed E-state index contributed by atoms with van der Waals surface area (Å²) < 4.78 is 0. The molecule has 0 aliphatic carbocycles. The number of rotatable bonds is 5. The van der Waals surface area contributed by atoms with Gasteiger partial charge in [-0.05, 0) is 28.7 Å². The minimum absolute atomic E-state index is 0.129. The van der Waals surface area contributed by atoms with Gasteiger partial charge in [-0.25, -0.2) is 0 Å². The molecule has 0 heterocycles. The minimum Gasteiger partial charge on any atom is -0.321 e. The summed E-state index contributed by atoms with van der Waals surface area (Å²) in [5.41, 5.74) is 6.97. The zero-order chi connectivity index (χ0) is 13.8. The molecule has 100 valence electrons. The summed E-state index contributed by atoms with van der Waals surface area (Å²) in [7, 11) is 0. The summed E-state index contributed by atoms with van der Waals surface area (Å²) in [5.74, 6) is 0.583. The molecule has 0 saturated carbocycles. The lowest BCUT2D eigenvalue weighted by Gasteiger charge is -2.13. The van der Waals surface area contributed by atoms with Gasteiger partial charge >= 0.3 is 0 Å². The summed E-state index contributed by atoms with van der Waals surface area (Å²) in [5, 5.41) is 2.37. The van der Waals surface area contributed by atoms with E-state index in [2.05, 4.69) is 38.1 Å². The molecule has 0 radical (unpaired) electrons. The number of carbonyl (C=O) groups is 1. The normalized spacial score (nSPS) is 12.8. The number of ketones is 1. The van der Waals surface area contributed by atoms with Crippen molar-refractivity contribution in [3.05, 3.63) is 48.0 Å². The summed E-state index contributed by atoms with van der Waals surface area (Å²) in [6.07, 6.45) is 1.19. The van der Waals surface area contributed by atoms with E-state index in [1.807, 2.05) is 18.2 Å². The van der Waals surface area contributed by atoms with Gasteiger partial charge in [0.15, 0.2) is 5.78 Å². The molecule has 0 bridgehead atoms. The molecule has 2 aromatic rings. The Balaban J connectivity index is 2.10. The largest absolute Gasteiger partial charge is 0.321 e. The molecule has 0 amide bonds. The quantitative estimate of drug-likeness (QED) is 0.890. The van der Waals surface area contributed by atoms with Crippen LogP contribution < -0.4 is 5.73 Å². The Hall–Kier alpha value is -1.67. The predicted octanol–water partition coefficient (Wildman–Crippen LogP) is 3.32. The first kappa shape index (κ1) is 13.8. The zero-order valence-corrected chi connectivity index (χ0v) is 11.6. The molecule has 0 spiro atoms. The summed E-state index contributed by atoms with van der Waals surface area (Å²) >= 11 is 0. The molecule has 0 aromatic heterocycles. The molecular weight excluding hydrogens is 234 g/mol. The van der Waals surface area contributed by atoms with Crippen LogP contribution in [-0.2, 0) is 11.2 Å². The van der Waals surface area contributed by atoms with Gasteiger partial charge in [-0.15, -0.1) is 0 Å². The van der Waals surface area contributed by atoms with E-state index in [-0.39, 0.29) is 11.8 Å². The molecule has 0 fully saturated rings. The lowest BCUT2D eigenvalue weighted by molar-refractivity contribution is -0.120. The van der Waals surface area contributed by atoms with Gasteiger partial charge in [-0.1, -0.05) is 56.3 Å². The standard InChI is InChI=1S/C17H21NO/c1-12(2)9-16(18)17(19)11-13-7-8-14-5-3-4-6-15(14)10-13/h3-8,10,12,16H,9,11,18H2,1-2H3. The zero-order valence-electron chi connectivity index (χ0n) is 11.6. The lowest BCUT2D eigenvalue weighted by atomic mass is 9.96. The molecule has 2 nitrogen and oxygen atoms in total. The molecule has 2 N–H and O–H groups in total. The van der Waals surface area contributed by atoms with Gasteiger partial charge in [0.05, 0.1) is 6.04 Å². The second kappa shape index (κ2) is 5.98. The van der Waals surface area contributed by atoms with E-state index in [0.717, 1.165) is 12.0 Å². The molecule has 1 unspecified atom stereocenters. The molecule has 0 aliphatic heterocycles. The van der Waals surface area contributed by atoms with Gasteiger partial charge in [0.25, 0.3) is 0 Å². The molecule has 0 aliphatic rings. The van der Waals surface area contributed by atoms with Gasteiger partial charge in [0, 0.05) is 6.42 Å². The minimum atomic E-state index is -0.341. The Bertz CT molecular complexity index is 574. The average Bonchev–Trinajstić information content (AvgIpc) is 2.37. The van der Waals surface area contributed by atoms with Crippen LogP contribution in [0.15, 0.2) is 42.5 Å². The lowest BCUT2D eigenvalue weighted by Crippen LogP contribution is -2.33. The van der Waals surface area contributed by atoms with E-state index in [9.17, 15) is 4.79 Å². The second-order valence-electron chi connectivity index (χ2n) is 5.56. The van der Waals surface area contributed by atoms with Gasteiger partial charge in [0.1, 0.15) is 0 Å². The number of fused-ring (bicyclic) bond motifs is 1. The smallest absolute Gasteiger partial charge is 0.153 e. The van der Waals surface area contributed by atoms with E-state index in [1.54, 1.807) is 0 Å². The fourth-order valence-electron chi connectivity index (χ4n) is 2.32. The molecule has 0 saturated heterocycles. The van der Waals surface area contributed by atoms with Crippen LogP contribution in [0, 0.1) is 5.92 Å². The van der Waals surface area contributed by atoms with Gasteiger partial charge in [-0.3, -0.25) is 4.79 Å². The fraction of sp³-hybridized carbons (Fsp3) is 0.353. The van der Waals surface area contributed by atoms with Crippen molar-refractivity contribution in [3.63, 3.8) is 0 Å². The highest BCUT2D eigenvalue weighted by Gasteiger charge is 2.15. The highest BCUT2D eigenvalue weighted by atomic mass is 16.1. The van der Waals surface area contributed by atoms with Crippen LogP contribution in [0.3, 0.4) is 0 Å². The maximum Gasteiger partial charge on any atom is 0.153 e. The van der Waals surface area contributed by atoms with Crippen molar-refractivity contribution < 1.29 is 4.79 Å². The Kier molecular flexibility index (Phi) is 4.33. The highest BCUT2D eigenvalue weighted by molar-refractivity contribution is 5.88. The summed E-state index contributed by atoms with van der Waals surface area (Å²) in [6, 6.07) is 14.0. The van der Waals surface area contributed by atoms with E-state index in [1.165, 1.54) is 10.8 Å². The molecule has 2 heteroatoms. The Morgan fingerprint density at radius 3 is 2.47 bits per heavy atom. The Morgan fingerprint density at radius 2 is 1.79 bits per heavy atom. The number of nitrogens with two attached hydrogens (primary N) is 1. The predicted molar refractivity (Wildman–Crippen MR) is 80.1 cm³/mol. The monoisotopic (exact) mass is 255 g/mol. The van der Waals surface area contributed by atoms with E-state index < -0.39 is 0 Å². The van der Waals surface area contributed by atoms with E-state index in [4.69, 9.17) is 5.73 Å². The average molecular weight is 255 g/mol. The van der Waals surface area contributed by atoms with Gasteiger partial charge in [-0.2, -0.15) is 0 Å². The third-order valence-corrected chi connectivity index (χ3v) is 3.33. The van der Waals surface area contributed by atoms with Crippen molar-refractivity contribution in [2.24, 2.45) is 11.7 Å². The van der Waals surface area contributed by atoms with Crippen LogP contribution in [0.4, 0.5) is 0 Å². The number of hydrogen-bond acceptors (Lipinski definition) is 2. The van der Waals surface area contributed by atoms with Crippen LogP contribution in [-0.4, -0.2) is 11.8 Å². The number of benzene rings is 2. The maximum atomic E-state index is 12.1. The van der Waals surface area contributed by atoms with Crippen molar-refractivity contribution in [3.8, 4) is 0 Å². The Morgan fingerprint density at radius 1 is 1.11 bits per heavy atom. The summed E-state index contributed by atoms with van der Waals surface area (Å²) in [6.45, 7) is 4.17. The van der Waals surface area contributed by atoms with Gasteiger partial charge in [0.2, 0.25) is 0 Å². The van der Waals surface area contributed by atoms with Crippen LogP contribution in [0.2, 0.25) is 0 Å². The third kappa shape index (κ3) is 3.65. The van der Waals surface area contributed by atoms with Crippen molar-refractivity contribution >= 4 is 16.6 Å². The van der Waals surface area contributed by atoms with Gasteiger partial charge < -0.3 is 5.73 Å². The van der Waals surface area contributed by atoms with Crippen LogP contribution in [0.1, 0.15) is 25.8 Å². The van der Waals surface area contributed by atoms with Crippen molar-refractivity contribution in [1.29, 1.82) is 0 Å². The number of Topliss-reactive ketones (excluding diaryl/α,β-unsaturated/α-hetero) is 1. The van der Waals surface area contributed by atoms with E-state index >= 15 is 0 Å². The van der Waals surface area contributed by atoms with Crippen molar-refractivity contribution in [1.82, 2.24) is 0 Å². The number of carbonyl (C=O) groups excluding carboxylic acids is 1. The van der Waals surface area contributed by atoms with E-state index in [0.29, 0.717) is 12.3 Å². The van der Waals surface area contributed by atoms with Crippen molar-refractivity contribution in [2.45, 2.75) is 32.7 Å². The van der Waals surface area contributed by atoms with Crippen LogP contribution >= 0.6 is 0 Å². The molecule has 19 heavy (non-hydrogen) atoms. The van der Waals surface area contributed by atoms with Crippen LogP contribution in [0.5, 0.6) is 0 Å². The number of hydrogen-bond donors (Lipinski definition) is 1. The highest BCUT2D eigenvalue weighted by Crippen LogP contribution is 2.16.